The van der Waals surface area contributed by atoms with Crippen LogP contribution in [0, 0.1) is 10.1 Å². The summed E-state index contributed by atoms with van der Waals surface area (Å²) < 4.78 is 0. The maximum absolute atomic E-state index is 12.0. The highest BCUT2D eigenvalue weighted by Gasteiger charge is 2.20. The quantitative estimate of drug-likeness (QED) is 0.662. The van der Waals surface area contributed by atoms with Gasteiger partial charge in [0.1, 0.15) is 5.02 Å². The zero-order chi connectivity index (χ0) is 14.6. The molecule has 0 aromatic heterocycles. The van der Waals surface area contributed by atoms with Gasteiger partial charge in [-0.15, -0.1) is 0 Å². The fourth-order valence-electron chi connectivity index (χ4n) is 1.73. The number of nitro groups is 1. The average Bonchev–Trinajstić information content (AvgIpc) is 2.27. The molecule has 1 rings (SSSR count). The van der Waals surface area contributed by atoms with E-state index in [1.165, 1.54) is 18.2 Å². The van der Waals surface area contributed by atoms with Gasteiger partial charge < -0.3 is 10.2 Å². The molecule has 6 nitrogen and oxygen atoms in total. The molecule has 0 bridgehead atoms. The summed E-state index contributed by atoms with van der Waals surface area (Å²) in [5.74, 6) is -0.414. The second kappa shape index (κ2) is 6.49. The summed E-state index contributed by atoms with van der Waals surface area (Å²) in [6, 6.07) is 4.09. The number of nitro benzene ring substituents is 1. The maximum Gasteiger partial charge on any atom is 0.288 e. The lowest BCUT2D eigenvalue weighted by molar-refractivity contribution is -0.384. The Morgan fingerprint density at radius 3 is 2.68 bits per heavy atom. The van der Waals surface area contributed by atoms with Gasteiger partial charge in [-0.2, -0.15) is 0 Å². The molecule has 0 aliphatic rings. The fourth-order valence-corrected chi connectivity index (χ4v) is 2.01. The molecule has 1 aromatic carbocycles. The van der Waals surface area contributed by atoms with Crippen molar-refractivity contribution in [3.8, 4) is 0 Å². The van der Waals surface area contributed by atoms with Crippen molar-refractivity contribution in [3.63, 3.8) is 0 Å². The third kappa shape index (κ3) is 4.18. The first-order valence-corrected chi connectivity index (χ1v) is 6.09. The van der Waals surface area contributed by atoms with E-state index >= 15 is 0 Å². The van der Waals surface area contributed by atoms with Gasteiger partial charge in [-0.05, 0) is 27.1 Å². The van der Waals surface area contributed by atoms with Crippen molar-refractivity contribution in [2.45, 2.75) is 13.0 Å². The molecule has 7 heteroatoms. The number of hydrogen-bond acceptors (Lipinski definition) is 4. The van der Waals surface area contributed by atoms with Gasteiger partial charge in [0.15, 0.2) is 0 Å². The van der Waals surface area contributed by atoms with Crippen molar-refractivity contribution in [3.05, 3.63) is 38.9 Å². The van der Waals surface area contributed by atoms with E-state index in [2.05, 4.69) is 5.32 Å². The molecule has 1 amide bonds. The zero-order valence-electron chi connectivity index (χ0n) is 11.0. The first-order chi connectivity index (χ1) is 8.82. The van der Waals surface area contributed by atoms with E-state index in [-0.39, 0.29) is 22.3 Å². The molecule has 1 aromatic rings. The first-order valence-electron chi connectivity index (χ1n) is 5.71. The highest BCUT2D eigenvalue weighted by atomic mass is 35.5. The van der Waals surface area contributed by atoms with E-state index in [1.54, 1.807) is 0 Å². The van der Waals surface area contributed by atoms with Crippen LogP contribution in [0.5, 0.6) is 0 Å². The predicted molar refractivity (Wildman–Crippen MR) is 73.6 cm³/mol. The van der Waals surface area contributed by atoms with Crippen LogP contribution < -0.4 is 5.32 Å². The highest BCUT2D eigenvalue weighted by molar-refractivity contribution is 6.35. The summed E-state index contributed by atoms with van der Waals surface area (Å²) in [6.07, 6.45) is 0. The lowest BCUT2D eigenvalue weighted by Gasteiger charge is -2.18. The van der Waals surface area contributed by atoms with Crippen LogP contribution in [-0.4, -0.2) is 42.4 Å². The Morgan fingerprint density at radius 1 is 1.53 bits per heavy atom. The van der Waals surface area contributed by atoms with Crippen molar-refractivity contribution in [1.29, 1.82) is 0 Å². The van der Waals surface area contributed by atoms with E-state index in [1.807, 2.05) is 25.9 Å². The summed E-state index contributed by atoms with van der Waals surface area (Å²) >= 11 is 5.87. The number of amides is 1. The van der Waals surface area contributed by atoms with Gasteiger partial charge in [-0.3, -0.25) is 14.9 Å². The van der Waals surface area contributed by atoms with Crippen LogP contribution >= 0.6 is 11.6 Å². The van der Waals surface area contributed by atoms with E-state index in [0.29, 0.717) is 6.54 Å². The molecule has 1 atom stereocenters. The summed E-state index contributed by atoms with van der Waals surface area (Å²) in [6.45, 7) is 2.52. The Kier molecular flexibility index (Phi) is 5.26. The van der Waals surface area contributed by atoms with Crippen LogP contribution in [0.2, 0.25) is 5.02 Å². The van der Waals surface area contributed by atoms with Gasteiger partial charge >= 0.3 is 0 Å². The summed E-state index contributed by atoms with van der Waals surface area (Å²) in [7, 11) is 3.78. The number of benzene rings is 1. The molecule has 0 aliphatic carbocycles. The minimum atomic E-state index is -0.609. The predicted octanol–water partition coefficient (Wildman–Crippen LogP) is 1.93. The molecule has 1 N–H and O–H groups in total. The van der Waals surface area contributed by atoms with Gasteiger partial charge in [0.05, 0.1) is 10.5 Å². The van der Waals surface area contributed by atoms with Crippen molar-refractivity contribution in [2.75, 3.05) is 20.6 Å². The number of hydrogen-bond donors (Lipinski definition) is 1. The third-order valence-electron chi connectivity index (χ3n) is 2.44. The van der Waals surface area contributed by atoms with E-state index in [0.717, 1.165) is 0 Å². The molecule has 0 aliphatic heterocycles. The Hall–Kier alpha value is -1.66. The molecule has 19 heavy (non-hydrogen) atoms. The van der Waals surface area contributed by atoms with Crippen molar-refractivity contribution >= 4 is 23.2 Å². The van der Waals surface area contributed by atoms with Crippen molar-refractivity contribution < 1.29 is 9.72 Å². The Bertz CT molecular complexity index is 491. The standard InChI is InChI=1S/C12H16ClN3O3/c1-8(7-15(2)3)14-12(17)9-5-4-6-10(11(9)13)16(18)19/h4-6,8H,7H2,1-3H3,(H,14,17). The monoisotopic (exact) mass is 285 g/mol. The van der Waals surface area contributed by atoms with Crippen LogP contribution in [0.15, 0.2) is 18.2 Å². The van der Waals surface area contributed by atoms with Crippen molar-refractivity contribution in [1.82, 2.24) is 10.2 Å². The molecular formula is C12H16ClN3O3. The number of nitrogens with one attached hydrogen (secondary N) is 1. The molecule has 0 spiro atoms. The Morgan fingerprint density at radius 2 is 2.16 bits per heavy atom. The first kappa shape index (κ1) is 15.4. The van der Waals surface area contributed by atoms with E-state index in [4.69, 9.17) is 11.6 Å². The van der Waals surface area contributed by atoms with Crippen molar-refractivity contribution in [2.24, 2.45) is 0 Å². The highest BCUT2D eigenvalue weighted by Crippen LogP contribution is 2.27. The summed E-state index contributed by atoms with van der Waals surface area (Å²) in [5.41, 5.74) is -0.156. The third-order valence-corrected chi connectivity index (χ3v) is 2.83. The smallest absolute Gasteiger partial charge is 0.288 e. The lowest BCUT2D eigenvalue weighted by Crippen LogP contribution is -2.39. The number of carbonyl (C=O) groups excluding carboxylic acids is 1. The molecule has 0 fully saturated rings. The van der Waals surface area contributed by atoms with Gasteiger partial charge in [0.25, 0.3) is 11.6 Å². The number of halogens is 1. The normalized spacial score (nSPS) is 12.3. The van der Waals surface area contributed by atoms with Gasteiger partial charge in [0.2, 0.25) is 0 Å². The number of likely N-dealkylation sites (N-methyl/N-ethyl adjacent to an activating group) is 1. The van der Waals surface area contributed by atoms with Crippen LogP contribution in [0.25, 0.3) is 0 Å². The molecule has 1 unspecified atom stereocenters. The summed E-state index contributed by atoms with van der Waals surface area (Å²) in [5, 5.41) is 13.4. The van der Waals surface area contributed by atoms with Crippen LogP contribution in [-0.2, 0) is 0 Å². The maximum atomic E-state index is 12.0. The van der Waals surface area contributed by atoms with Gasteiger partial charge in [-0.25, -0.2) is 0 Å². The Balaban J connectivity index is 2.89. The molecule has 0 saturated heterocycles. The minimum Gasteiger partial charge on any atom is -0.348 e. The van der Waals surface area contributed by atoms with E-state index in [9.17, 15) is 14.9 Å². The molecule has 104 valence electrons. The largest absolute Gasteiger partial charge is 0.348 e. The second-order valence-electron chi connectivity index (χ2n) is 4.53. The molecule has 0 radical (unpaired) electrons. The number of nitrogens with zero attached hydrogens (tertiary/aromatic N) is 2. The summed E-state index contributed by atoms with van der Waals surface area (Å²) in [4.78, 5) is 24.1. The molecular weight excluding hydrogens is 270 g/mol. The van der Waals surface area contributed by atoms with Crippen LogP contribution in [0.4, 0.5) is 5.69 Å². The molecule has 0 saturated carbocycles. The number of rotatable bonds is 5. The molecule has 0 heterocycles. The fraction of sp³-hybridized carbons (Fsp3) is 0.417. The lowest BCUT2D eigenvalue weighted by atomic mass is 10.1. The SMILES string of the molecule is CC(CN(C)C)NC(=O)c1cccc([N+](=O)[O-])c1Cl. The second-order valence-corrected chi connectivity index (χ2v) is 4.91. The minimum absolute atomic E-state index is 0.0853. The zero-order valence-corrected chi connectivity index (χ0v) is 11.8. The van der Waals surface area contributed by atoms with E-state index < -0.39 is 10.8 Å². The van der Waals surface area contributed by atoms with Crippen LogP contribution in [0.3, 0.4) is 0 Å². The topological polar surface area (TPSA) is 75.5 Å². The number of carbonyl (C=O) groups is 1. The Labute approximate surface area is 116 Å². The van der Waals surface area contributed by atoms with Gasteiger partial charge in [0, 0.05) is 18.7 Å². The van der Waals surface area contributed by atoms with Crippen LogP contribution in [0.1, 0.15) is 17.3 Å². The average molecular weight is 286 g/mol. The van der Waals surface area contributed by atoms with Gasteiger partial charge in [-0.1, -0.05) is 17.7 Å².